The molecular weight excluding hydrogens is 327 g/mol. The van der Waals surface area contributed by atoms with Gasteiger partial charge < -0.3 is 9.80 Å². The summed E-state index contributed by atoms with van der Waals surface area (Å²) in [5.41, 5.74) is 1.51. The molecule has 1 fully saturated rings. The molecule has 4 heteroatoms. The highest BCUT2D eigenvalue weighted by Gasteiger charge is 2.26. The molecule has 3 nitrogen and oxygen atoms in total. The van der Waals surface area contributed by atoms with Crippen LogP contribution < -0.4 is 4.90 Å². The molecule has 1 aliphatic rings. The predicted molar refractivity (Wildman–Crippen MR) is 101 cm³/mol. The molecule has 0 saturated carbocycles. The van der Waals surface area contributed by atoms with E-state index in [0.717, 1.165) is 19.6 Å². The van der Waals surface area contributed by atoms with Gasteiger partial charge in [0.2, 0.25) is 0 Å². The molecule has 3 aromatic rings. The van der Waals surface area contributed by atoms with Crippen molar-refractivity contribution in [2.45, 2.75) is 6.54 Å². The Morgan fingerprint density at radius 1 is 0.923 bits per heavy atom. The number of carbonyl (C=O) groups excluding carboxylic acids is 1. The molecule has 0 aromatic heterocycles. The van der Waals surface area contributed by atoms with Gasteiger partial charge in [-0.3, -0.25) is 4.79 Å². The number of quaternary nitrogens is 1. The molecule has 0 radical (unpaired) electrons. The van der Waals surface area contributed by atoms with Crippen LogP contribution in [-0.4, -0.2) is 37.0 Å². The van der Waals surface area contributed by atoms with Crippen LogP contribution in [0.2, 0.25) is 0 Å². The van der Waals surface area contributed by atoms with Crippen molar-refractivity contribution in [3.63, 3.8) is 0 Å². The van der Waals surface area contributed by atoms with E-state index in [-0.39, 0.29) is 11.5 Å². The first-order chi connectivity index (χ1) is 12.7. The number of amides is 1. The van der Waals surface area contributed by atoms with Crippen LogP contribution in [0.4, 0.5) is 4.39 Å². The van der Waals surface area contributed by atoms with Crippen LogP contribution in [0, 0.1) is 5.82 Å². The first-order valence-corrected chi connectivity index (χ1v) is 9.06. The average molecular weight is 349 g/mol. The van der Waals surface area contributed by atoms with Crippen LogP contribution in [0.25, 0.3) is 10.8 Å². The van der Waals surface area contributed by atoms with Gasteiger partial charge in [0.05, 0.1) is 31.7 Å². The number of carbonyl (C=O) groups is 1. The Bertz CT molecular complexity index is 927. The summed E-state index contributed by atoms with van der Waals surface area (Å²) >= 11 is 0. The Kier molecular flexibility index (Phi) is 4.67. The van der Waals surface area contributed by atoms with Crippen molar-refractivity contribution in [3.8, 4) is 0 Å². The highest BCUT2D eigenvalue weighted by molar-refractivity contribution is 5.94. The predicted octanol–water partition coefficient (Wildman–Crippen LogP) is 2.52. The zero-order chi connectivity index (χ0) is 17.9. The molecule has 0 atom stereocenters. The van der Waals surface area contributed by atoms with E-state index >= 15 is 0 Å². The van der Waals surface area contributed by atoms with Crippen molar-refractivity contribution in [1.82, 2.24) is 4.90 Å². The second kappa shape index (κ2) is 7.26. The number of halogens is 1. The third-order valence-corrected chi connectivity index (χ3v) is 5.18. The summed E-state index contributed by atoms with van der Waals surface area (Å²) in [5.74, 6) is -0.643. The van der Waals surface area contributed by atoms with Crippen LogP contribution in [0.3, 0.4) is 0 Å². The molecule has 26 heavy (non-hydrogen) atoms. The molecule has 132 valence electrons. The maximum absolute atomic E-state index is 13.9. The molecule has 0 unspecified atom stereocenters. The van der Waals surface area contributed by atoms with E-state index in [1.54, 1.807) is 23.1 Å². The van der Waals surface area contributed by atoms with Crippen LogP contribution in [0.15, 0.2) is 66.7 Å². The van der Waals surface area contributed by atoms with Gasteiger partial charge in [-0.25, -0.2) is 4.39 Å². The van der Waals surface area contributed by atoms with Gasteiger partial charge >= 0.3 is 0 Å². The normalized spacial score (nSPS) is 15.3. The number of rotatable bonds is 3. The van der Waals surface area contributed by atoms with Crippen molar-refractivity contribution in [2.75, 3.05) is 26.2 Å². The van der Waals surface area contributed by atoms with Gasteiger partial charge in [-0.05, 0) is 22.9 Å². The summed E-state index contributed by atoms with van der Waals surface area (Å²) in [4.78, 5) is 15.8. The van der Waals surface area contributed by atoms with Crippen LogP contribution in [-0.2, 0) is 6.54 Å². The lowest BCUT2D eigenvalue weighted by Gasteiger charge is -2.32. The molecule has 0 bridgehead atoms. The second-order valence-electron chi connectivity index (χ2n) is 6.84. The number of benzene rings is 3. The van der Waals surface area contributed by atoms with Gasteiger partial charge in [0.1, 0.15) is 12.4 Å². The quantitative estimate of drug-likeness (QED) is 0.772. The highest BCUT2D eigenvalue weighted by atomic mass is 19.1. The summed E-state index contributed by atoms with van der Waals surface area (Å²) in [6, 6.07) is 21.1. The largest absolute Gasteiger partial charge is 0.328 e. The third-order valence-electron chi connectivity index (χ3n) is 5.18. The van der Waals surface area contributed by atoms with E-state index in [1.807, 2.05) is 0 Å². The Labute approximate surface area is 152 Å². The zero-order valence-electron chi connectivity index (χ0n) is 14.6. The molecule has 1 amide bonds. The fraction of sp³-hybridized carbons (Fsp3) is 0.227. The molecule has 1 aliphatic heterocycles. The molecule has 4 rings (SSSR count). The average Bonchev–Trinajstić information content (AvgIpc) is 2.69. The number of nitrogens with one attached hydrogen (secondary N) is 1. The van der Waals surface area contributed by atoms with Crippen molar-refractivity contribution >= 4 is 16.7 Å². The molecule has 1 saturated heterocycles. The van der Waals surface area contributed by atoms with E-state index in [0.29, 0.717) is 13.1 Å². The van der Waals surface area contributed by atoms with Crippen LogP contribution in [0.1, 0.15) is 15.9 Å². The van der Waals surface area contributed by atoms with Crippen molar-refractivity contribution in [2.24, 2.45) is 0 Å². The van der Waals surface area contributed by atoms with Gasteiger partial charge in [-0.15, -0.1) is 0 Å². The summed E-state index contributed by atoms with van der Waals surface area (Å²) in [7, 11) is 0. The lowest BCUT2D eigenvalue weighted by atomic mass is 10.0. The zero-order valence-corrected chi connectivity index (χ0v) is 14.6. The molecule has 0 aliphatic carbocycles. The monoisotopic (exact) mass is 349 g/mol. The van der Waals surface area contributed by atoms with E-state index < -0.39 is 5.82 Å². The maximum Gasteiger partial charge on any atom is 0.257 e. The number of hydrogen-bond acceptors (Lipinski definition) is 1. The molecular formula is C22H22FN2O+. The van der Waals surface area contributed by atoms with Crippen molar-refractivity contribution in [3.05, 3.63) is 83.7 Å². The van der Waals surface area contributed by atoms with E-state index in [1.165, 1.54) is 27.3 Å². The maximum atomic E-state index is 13.9. The minimum absolute atomic E-state index is 0.171. The molecule has 3 aromatic carbocycles. The van der Waals surface area contributed by atoms with Crippen molar-refractivity contribution < 1.29 is 14.1 Å². The Hall–Kier alpha value is -2.72. The number of hydrogen-bond donors (Lipinski definition) is 1. The lowest BCUT2D eigenvalue weighted by Crippen LogP contribution is -3.13. The molecule has 0 spiro atoms. The SMILES string of the molecule is O=C(c1ccccc1F)N1CC[NH+](Cc2cccc3ccccc23)CC1. The Balaban J connectivity index is 1.42. The summed E-state index contributed by atoms with van der Waals surface area (Å²) < 4.78 is 13.9. The van der Waals surface area contributed by atoms with E-state index in [4.69, 9.17) is 0 Å². The topological polar surface area (TPSA) is 24.8 Å². The standard InChI is InChI=1S/C22H21FN2O/c23-21-11-4-3-10-20(21)22(26)25-14-12-24(13-15-25)16-18-8-5-7-17-6-1-2-9-19(17)18/h1-11H,12-16H2/p+1. The fourth-order valence-corrected chi connectivity index (χ4v) is 3.72. The van der Waals surface area contributed by atoms with Gasteiger partial charge in [0.25, 0.3) is 5.91 Å². The Morgan fingerprint density at radius 3 is 2.42 bits per heavy atom. The van der Waals surface area contributed by atoms with Gasteiger partial charge in [-0.2, -0.15) is 0 Å². The fourth-order valence-electron chi connectivity index (χ4n) is 3.72. The molecule has 1 N–H and O–H groups in total. The minimum atomic E-state index is -0.442. The van der Waals surface area contributed by atoms with Gasteiger partial charge in [-0.1, -0.05) is 54.6 Å². The van der Waals surface area contributed by atoms with Gasteiger partial charge in [0.15, 0.2) is 0 Å². The summed E-state index contributed by atoms with van der Waals surface area (Å²) in [6.45, 7) is 4.02. The minimum Gasteiger partial charge on any atom is -0.328 e. The van der Waals surface area contributed by atoms with E-state index in [9.17, 15) is 9.18 Å². The second-order valence-corrected chi connectivity index (χ2v) is 6.84. The first-order valence-electron chi connectivity index (χ1n) is 9.06. The lowest BCUT2D eigenvalue weighted by molar-refractivity contribution is -0.917. The third kappa shape index (κ3) is 3.33. The number of piperazine rings is 1. The number of nitrogens with zero attached hydrogens (tertiary/aromatic N) is 1. The summed E-state index contributed by atoms with van der Waals surface area (Å²) in [6.07, 6.45) is 0. The van der Waals surface area contributed by atoms with Gasteiger partial charge in [0, 0.05) is 5.56 Å². The smallest absolute Gasteiger partial charge is 0.257 e. The van der Waals surface area contributed by atoms with Crippen LogP contribution in [0.5, 0.6) is 0 Å². The highest BCUT2D eigenvalue weighted by Crippen LogP contribution is 2.17. The molecule has 1 heterocycles. The number of fused-ring (bicyclic) bond motifs is 1. The van der Waals surface area contributed by atoms with E-state index in [2.05, 4.69) is 42.5 Å². The van der Waals surface area contributed by atoms with Crippen LogP contribution >= 0.6 is 0 Å². The first kappa shape index (κ1) is 16.7. The van der Waals surface area contributed by atoms with Crippen molar-refractivity contribution in [1.29, 1.82) is 0 Å². The Morgan fingerprint density at radius 2 is 1.62 bits per heavy atom. The summed E-state index contributed by atoms with van der Waals surface area (Å²) in [5, 5.41) is 2.56.